The molecular weight excluding hydrogens is 382 g/mol. The zero-order chi connectivity index (χ0) is 20.9. The van der Waals surface area contributed by atoms with E-state index in [9.17, 15) is 9.59 Å². The van der Waals surface area contributed by atoms with Crippen LogP contribution in [0.15, 0.2) is 28.8 Å². The van der Waals surface area contributed by atoms with E-state index in [1.807, 2.05) is 36.1 Å². The van der Waals surface area contributed by atoms with Gasteiger partial charge in [0, 0.05) is 38.2 Å². The third kappa shape index (κ3) is 4.87. The second-order valence-electron chi connectivity index (χ2n) is 8.18. The predicted octanol–water partition coefficient (Wildman–Crippen LogP) is 2.00. The van der Waals surface area contributed by atoms with E-state index in [1.54, 1.807) is 0 Å². The first kappa shape index (κ1) is 20.5. The maximum absolute atomic E-state index is 12.6. The summed E-state index contributed by atoms with van der Waals surface area (Å²) in [7, 11) is 0. The van der Waals surface area contributed by atoms with Crippen LogP contribution in [0, 0.1) is 12.8 Å². The molecular formula is C22H29N5O3. The molecule has 3 heterocycles. The summed E-state index contributed by atoms with van der Waals surface area (Å²) in [6, 6.07) is 7.97. The van der Waals surface area contributed by atoms with Crippen LogP contribution in [0.3, 0.4) is 0 Å². The van der Waals surface area contributed by atoms with Gasteiger partial charge in [-0.15, -0.1) is 0 Å². The Morgan fingerprint density at radius 1 is 1.27 bits per heavy atom. The van der Waals surface area contributed by atoms with Gasteiger partial charge >= 0.3 is 0 Å². The standard InChI is InChI=1S/C22H29N5O3/c1-16-6-2-3-8-18(16)21-24-19(30-25-21)15-26-11-4-7-17(14-26)22(29)23-10-13-27-12-5-9-20(27)28/h2-3,6,8,17H,4-5,7,9-15H2,1H3,(H,23,29). The number of likely N-dealkylation sites (tertiary alicyclic amines) is 2. The Hall–Kier alpha value is -2.74. The number of hydrogen-bond donors (Lipinski definition) is 1. The van der Waals surface area contributed by atoms with Crippen molar-refractivity contribution in [3.05, 3.63) is 35.7 Å². The molecule has 0 radical (unpaired) electrons. The highest BCUT2D eigenvalue weighted by Gasteiger charge is 2.27. The summed E-state index contributed by atoms with van der Waals surface area (Å²) in [5.41, 5.74) is 2.08. The van der Waals surface area contributed by atoms with Gasteiger partial charge in [0.1, 0.15) is 0 Å². The first-order chi connectivity index (χ1) is 14.6. The lowest BCUT2D eigenvalue weighted by atomic mass is 9.97. The van der Waals surface area contributed by atoms with Crippen molar-refractivity contribution in [2.24, 2.45) is 5.92 Å². The van der Waals surface area contributed by atoms with Crippen LogP contribution >= 0.6 is 0 Å². The Labute approximate surface area is 176 Å². The number of nitrogens with one attached hydrogen (secondary N) is 1. The molecule has 1 unspecified atom stereocenters. The van der Waals surface area contributed by atoms with E-state index in [-0.39, 0.29) is 17.7 Å². The largest absolute Gasteiger partial charge is 0.354 e. The van der Waals surface area contributed by atoms with Gasteiger partial charge in [-0.2, -0.15) is 4.98 Å². The average Bonchev–Trinajstić information content (AvgIpc) is 3.37. The van der Waals surface area contributed by atoms with E-state index >= 15 is 0 Å². The highest BCUT2D eigenvalue weighted by Crippen LogP contribution is 2.22. The van der Waals surface area contributed by atoms with Gasteiger partial charge in [0.05, 0.1) is 12.5 Å². The second kappa shape index (κ2) is 9.38. The molecule has 1 N–H and O–H groups in total. The molecule has 0 saturated carbocycles. The highest BCUT2D eigenvalue weighted by molar-refractivity contribution is 5.79. The summed E-state index contributed by atoms with van der Waals surface area (Å²) >= 11 is 0. The van der Waals surface area contributed by atoms with Crippen molar-refractivity contribution in [2.45, 2.75) is 39.2 Å². The summed E-state index contributed by atoms with van der Waals surface area (Å²) in [5.74, 6) is 1.38. The van der Waals surface area contributed by atoms with Gasteiger partial charge in [-0.05, 0) is 38.3 Å². The molecule has 0 spiro atoms. The maximum atomic E-state index is 12.6. The molecule has 2 aliphatic rings. The fourth-order valence-corrected chi connectivity index (χ4v) is 4.26. The van der Waals surface area contributed by atoms with Crippen LogP contribution in [0.5, 0.6) is 0 Å². The van der Waals surface area contributed by atoms with Crippen LogP contribution in [0.1, 0.15) is 37.1 Å². The molecule has 1 atom stereocenters. The molecule has 2 fully saturated rings. The van der Waals surface area contributed by atoms with Crippen LogP contribution in [0.4, 0.5) is 0 Å². The van der Waals surface area contributed by atoms with Gasteiger partial charge < -0.3 is 14.7 Å². The van der Waals surface area contributed by atoms with E-state index in [0.29, 0.717) is 44.3 Å². The Kier molecular flexibility index (Phi) is 6.42. The van der Waals surface area contributed by atoms with E-state index < -0.39 is 0 Å². The molecule has 8 heteroatoms. The lowest BCUT2D eigenvalue weighted by Crippen LogP contribution is -2.44. The number of aryl methyl sites for hydroxylation is 1. The number of nitrogens with zero attached hydrogens (tertiary/aromatic N) is 4. The van der Waals surface area contributed by atoms with Gasteiger partial charge in [0.25, 0.3) is 0 Å². The molecule has 0 bridgehead atoms. The summed E-state index contributed by atoms with van der Waals surface area (Å²) in [4.78, 5) is 32.8. The number of benzene rings is 1. The first-order valence-electron chi connectivity index (χ1n) is 10.8. The molecule has 2 aliphatic heterocycles. The van der Waals surface area contributed by atoms with Crippen molar-refractivity contribution >= 4 is 11.8 Å². The van der Waals surface area contributed by atoms with E-state index in [4.69, 9.17) is 4.52 Å². The van der Waals surface area contributed by atoms with Crippen molar-refractivity contribution in [3.8, 4) is 11.4 Å². The Bertz CT molecular complexity index is 896. The zero-order valence-electron chi connectivity index (χ0n) is 17.5. The summed E-state index contributed by atoms with van der Waals surface area (Å²) in [5, 5.41) is 7.13. The average molecular weight is 412 g/mol. The fourth-order valence-electron chi connectivity index (χ4n) is 4.26. The number of piperidine rings is 1. The SMILES string of the molecule is Cc1ccccc1-c1noc(CN2CCCC(C(=O)NCCN3CCCC3=O)C2)n1. The van der Waals surface area contributed by atoms with E-state index in [2.05, 4.69) is 20.4 Å². The maximum Gasteiger partial charge on any atom is 0.241 e. The normalized spacial score (nSPS) is 20.0. The topological polar surface area (TPSA) is 91.6 Å². The molecule has 4 rings (SSSR count). The fraction of sp³-hybridized carbons (Fsp3) is 0.545. The molecule has 2 aromatic rings. The lowest BCUT2D eigenvalue weighted by molar-refractivity contribution is -0.129. The van der Waals surface area contributed by atoms with Crippen molar-refractivity contribution in [1.82, 2.24) is 25.3 Å². The smallest absolute Gasteiger partial charge is 0.241 e. The zero-order valence-corrected chi connectivity index (χ0v) is 17.5. The molecule has 30 heavy (non-hydrogen) atoms. The molecule has 160 valence electrons. The highest BCUT2D eigenvalue weighted by atomic mass is 16.5. The van der Waals surface area contributed by atoms with Gasteiger partial charge in [0.15, 0.2) is 0 Å². The minimum absolute atomic E-state index is 0.0493. The van der Waals surface area contributed by atoms with Gasteiger partial charge in [0.2, 0.25) is 23.5 Å². The summed E-state index contributed by atoms with van der Waals surface area (Å²) in [6.45, 7) is 6.09. The van der Waals surface area contributed by atoms with Crippen molar-refractivity contribution in [2.75, 3.05) is 32.7 Å². The number of carbonyl (C=O) groups excluding carboxylic acids is 2. The quantitative estimate of drug-likeness (QED) is 0.749. The first-order valence-corrected chi connectivity index (χ1v) is 10.8. The van der Waals surface area contributed by atoms with Crippen LogP contribution < -0.4 is 5.32 Å². The van der Waals surface area contributed by atoms with Crippen molar-refractivity contribution in [1.29, 1.82) is 0 Å². The monoisotopic (exact) mass is 411 g/mol. The molecule has 0 aliphatic carbocycles. The van der Waals surface area contributed by atoms with Crippen molar-refractivity contribution < 1.29 is 14.1 Å². The Balaban J connectivity index is 1.27. The number of aromatic nitrogens is 2. The van der Waals surface area contributed by atoms with Crippen LogP contribution in [0.25, 0.3) is 11.4 Å². The van der Waals surface area contributed by atoms with Gasteiger partial charge in [-0.25, -0.2) is 0 Å². The second-order valence-corrected chi connectivity index (χ2v) is 8.18. The number of carbonyl (C=O) groups is 2. The molecule has 8 nitrogen and oxygen atoms in total. The lowest BCUT2D eigenvalue weighted by Gasteiger charge is -2.31. The number of amides is 2. The minimum Gasteiger partial charge on any atom is -0.354 e. The third-order valence-corrected chi connectivity index (χ3v) is 5.94. The van der Waals surface area contributed by atoms with Crippen molar-refractivity contribution in [3.63, 3.8) is 0 Å². The Morgan fingerprint density at radius 3 is 2.93 bits per heavy atom. The van der Waals surface area contributed by atoms with Gasteiger partial charge in [-0.3, -0.25) is 14.5 Å². The Morgan fingerprint density at radius 2 is 2.13 bits per heavy atom. The van der Waals surface area contributed by atoms with E-state index in [1.165, 1.54) is 0 Å². The molecule has 1 aromatic heterocycles. The van der Waals surface area contributed by atoms with Crippen LogP contribution in [-0.2, 0) is 16.1 Å². The van der Waals surface area contributed by atoms with E-state index in [0.717, 1.165) is 43.5 Å². The minimum atomic E-state index is -0.0493. The molecule has 2 saturated heterocycles. The molecule has 1 aromatic carbocycles. The van der Waals surface area contributed by atoms with Gasteiger partial charge in [-0.1, -0.05) is 29.4 Å². The summed E-state index contributed by atoms with van der Waals surface area (Å²) in [6.07, 6.45) is 3.39. The third-order valence-electron chi connectivity index (χ3n) is 5.94. The van der Waals surface area contributed by atoms with Crippen LogP contribution in [0.2, 0.25) is 0 Å². The predicted molar refractivity (Wildman–Crippen MR) is 111 cm³/mol. The molecule has 2 amide bonds. The number of rotatable bonds is 7. The van der Waals surface area contributed by atoms with Crippen LogP contribution in [-0.4, -0.2) is 64.5 Å². The number of hydrogen-bond acceptors (Lipinski definition) is 6. The summed E-state index contributed by atoms with van der Waals surface area (Å²) < 4.78 is 5.46.